The molecule has 0 unspecified atom stereocenters. The number of rotatable bonds is 8. The number of amides is 1. The topological polar surface area (TPSA) is 46.0 Å². The van der Waals surface area contributed by atoms with E-state index < -0.39 is 0 Å². The maximum Gasteiger partial charge on any atom is 0.275 e. The summed E-state index contributed by atoms with van der Waals surface area (Å²) in [5, 5.41) is 3.77. The Morgan fingerprint density at radius 2 is 1.86 bits per heavy atom. The van der Waals surface area contributed by atoms with Gasteiger partial charge < -0.3 is 19.9 Å². The Morgan fingerprint density at radius 1 is 1.14 bits per heavy atom. The first-order chi connectivity index (χ1) is 13.7. The van der Waals surface area contributed by atoms with Crippen molar-refractivity contribution in [1.82, 2.24) is 5.32 Å². The second-order valence-corrected chi connectivity index (χ2v) is 7.48. The van der Waals surface area contributed by atoms with Crippen molar-refractivity contribution in [3.05, 3.63) is 59.1 Å². The molecule has 0 bridgehead atoms. The predicted octanol–water partition coefficient (Wildman–Crippen LogP) is 1.80. The summed E-state index contributed by atoms with van der Waals surface area (Å²) < 4.78 is 5.75. The SMILES string of the molecule is CCOc1ccccc1N1CC[NH+](CC(=O)NCCc2ccc(Cl)cc2)CC1. The van der Waals surface area contributed by atoms with Gasteiger partial charge in [0.1, 0.15) is 5.75 Å². The maximum absolute atomic E-state index is 12.3. The number of carbonyl (C=O) groups excluding carboxylic acids is 1. The standard InChI is InChI=1S/C22H28ClN3O2/c1-2-28-21-6-4-3-5-20(21)26-15-13-25(14-16-26)17-22(27)24-12-11-18-7-9-19(23)10-8-18/h3-10H,2,11-17H2,1H3,(H,24,27)/p+1. The molecule has 2 aromatic carbocycles. The van der Waals surface area contributed by atoms with Crippen molar-refractivity contribution >= 4 is 23.2 Å². The third-order valence-corrected chi connectivity index (χ3v) is 5.29. The average molecular weight is 403 g/mol. The number of carbonyl (C=O) groups is 1. The molecule has 1 fully saturated rings. The van der Waals surface area contributed by atoms with E-state index in [-0.39, 0.29) is 5.91 Å². The normalized spacial score (nSPS) is 14.7. The highest BCUT2D eigenvalue weighted by Gasteiger charge is 2.23. The molecule has 1 heterocycles. The van der Waals surface area contributed by atoms with Gasteiger partial charge in [-0.05, 0) is 43.2 Å². The summed E-state index contributed by atoms with van der Waals surface area (Å²) in [7, 11) is 0. The van der Waals surface area contributed by atoms with Crippen LogP contribution >= 0.6 is 11.6 Å². The molecule has 3 rings (SSSR count). The van der Waals surface area contributed by atoms with Gasteiger partial charge in [-0.2, -0.15) is 0 Å². The molecular formula is C22H29ClN3O2+. The van der Waals surface area contributed by atoms with Crippen LogP contribution in [0.1, 0.15) is 12.5 Å². The van der Waals surface area contributed by atoms with Gasteiger partial charge in [-0.1, -0.05) is 35.9 Å². The Labute approximate surface area is 172 Å². The highest BCUT2D eigenvalue weighted by Crippen LogP contribution is 2.27. The summed E-state index contributed by atoms with van der Waals surface area (Å²) in [6.45, 7) is 7.61. The molecule has 1 amide bonds. The molecule has 0 aliphatic carbocycles. The molecule has 1 aliphatic heterocycles. The van der Waals surface area contributed by atoms with Crippen LogP contribution < -0.4 is 19.9 Å². The lowest BCUT2D eigenvalue weighted by Gasteiger charge is -2.34. The fourth-order valence-corrected chi connectivity index (χ4v) is 3.65. The van der Waals surface area contributed by atoms with Gasteiger partial charge >= 0.3 is 0 Å². The van der Waals surface area contributed by atoms with Crippen LogP contribution in [0, 0.1) is 0 Å². The number of benzene rings is 2. The Hall–Kier alpha value is -2.24. The minimum atomic E-state index is 0.118. The molecule has 2 aromatic rings. The molecule has 6 heteroatoms. The van der Waals surface area contributed by atoms with Crippen molar-refractivity contribution < 1.29 is 14.4 Å². The highest BCUT2D eigenvalue weighted by molar-refractivity contribution is 6.30. The fraction of sp³-hybridized carbons (Fsp3) is 0.409. The lowest BCUT2D eigenvalue weighted by molar-refractivity contribution is -0.892. The second kappa shape index (κ2) is 10.3. The Kier molecular flexibility index (Phi) is 7.57. The zero-order chi connectivity index (χ0) is 19.8. The van der Waals surface area contributed by atoms with Gasteiger partial charge in [0, 0.05) is 11.6 Å². The number of halogens is 1. The predicted molar refractivity (Wildman–Crippen MR) is 114 cm³/mol. The summed E-state index contributed by atoms with van der Waals surface area (Å²) in [5.74, 6) is 1.06. The van der Waals surface area contributed by atoms with E-state index in [2.05, 4.69) is 16.3 Å². The van der Waals surface area contributed by atoms with Gasteiger partial charge in [-0.15, -0.1) is 0 Å². The van der Waals surface area contributed by atoms with Crippen LogP contribution in [0.3, 0.4) is 0 Å². The van der Waals surface area contributed by atoms with E-state index in [4.69, 9.17) is 16.3 Å². The first kappa shape index (κ1) is 20.5. The number of quaternary nitrogens is 1. The monoisotopic (exact) mass is 402 g/mol. The minimum absolute atomic E-state index is 0.118. The molecule has 0 aromatic heterocycles. The Balaban J connectivity index is 1.40. The number of nitrogens with zero attached hydrogens (tertiary/aromatic N) is 1. The van der Waals surface area contributed by atoms with Gasteiger partial charge in [0.25, 0.3) is 5.91 Å². The van der Waals surface area contributed by atoms with Crippen molar-refractivity contribution in [3.63, 3.8) is 0 Å². The number of nitrogens with one attached hydrogen (secondary N) is 2. The third kappa shape index (κ3) is 5.88. The van der Waals surface area contributed by atoms with E-state index in [1.54, 1.807) is 0 Å². The number of hydrogen-bond acceptors (Lipinski definition) is 3. The first-order valence-electron chi connectivity index (χ1n) is 9.97. The van der Waals surface area contributed by atoms with E-state index in [1.165, 1.54) is 10.5 Å². The van der Waals surface area contributed by atoms with Gasteiger partial charge in [-0.3, -0.25) is 4.79 Å². The molecular weight excluding hydrogens is 374 g/mol. The van der Waals surface area contributed by atoms with Crippen molar-refractivity contribution in [1.29, 1.82) is 0 Å². The van der Waals surface area contributed by atoms with E-state index in [0.717, 1.165) is 49.1 Å². The zero-order valence-electron chi connectivity index (χ0n) is 16.4. The largest absolute Gasteiger partial charge is 0.492 e. The van der Waals surface area contributed by atoms with Crippen LogP contribution in [0.25, 0.3) is 0 Å². The van der Waals surface area contributed by atoms with Crippen LogP contribution in [0.2, 0.25) is 5.02 Å². The molecule has 0 spiro atoms. The zero-order valence-corrected chi connectivity index (χ0v) is 17.2. The smallest absolute Gasteiger partial charge is 0.275 e. The van der Waals surface area contributed by atoms with Crippen molar-refractivity contribution in [2.45, 2.75) is 13.3 Å². The minimum Gasteiger partial charge on any atom is -0.492 e. The molecule has 28 heavy (non-hydrogen) atoms. The fourth-order valence-electron chi connectivity index (χ4n) is 3.52. The molecule has 0 radical (unpaired) electrons. The molecule has 150 valence electrons. The van der Waals surface area contributed by atoms with Crippen LogP contribution in [-0.2, 0) is 11.2 Å². The number of hydrogen-bond donors (Lipinski definition) is 2. The average Bonchev–Trinajstić information content (AvgIpc) is 2.71. The van der Waals surface area contributed by atoms with Crippen molar-refractivity contribution in [2.24, 2.45) is 0 Å². The summed E-state index contributed by atoms with van der Waals surface area (Å²) in [4.78, 5) is 15.9. The first-order valence-corrected chi connectivity index (χ1v) is 10.3. The maximum atomic E-state index is 12.3. The molecule has 5 nitrogen and oxygen atoms in total. The molecule has 2 N–H and O–H groups in total. The van der Waals surface area contributed by atoms with Gasteiger partial charge in [0.15, 0.2) is 6.54 Å². The van der Waals surface area contributed by atoms with Crippen molar-refractivity contribution in [2.75, 3.05) is 50.8 Å². The van der Waals surface area contributed by atoms with Gasteiger partial charge in [0.2, 0.25) is 0 Å². The van der Waals surface area contributed by atoms with Crippen LogP contribution in [0.4, 0.5) is 5.69 Å². The number of anilines is 1. The Morgan fingerprint density at radius 3 is 2.57 bits per heavy atom. The van der Waals surface area contributed by atoms with E-state index in [9.17, 15) is 4.79 Å². The number of piperazine rings is 1. The second-order valence-electron chi connectivity index (χ2n) is 7.04. The summed E-state index contributed by atoms with van der Waals surface area (Å²) in [5.41, 5.74) is 2.33. The summed E-state index contributed by atoms with van der Waals surface area (Å²) >= 11 is 5.90. The third-order valence-electron chi connectivity index (χ3n) is 5.04. The van der Waals surface area contributed by atoms with E-state index in [0.29, 0.717) is 19.7 Å². The van der Waals surface area contributed by atoms with Gasteiger partial charge in [0.05, 0.1) is 38.5 Å². The molecule has 0 atom stereocenters. The summed E-state index contributed by atoms with van der Waals surface area (Å²) in [6, 6.07) is 15.9. The molecule has 0 saturated carbocycles. The Bertz CT molecular complexity index is 759. The molecule has 1 saturated heterocycles. The van der Waals surface area contributed by atoms with E-state index in [1.807, 2.05) is 49.4 Å². The highest BCUT2D eigenvalue weighted by atomic mass is 35.5. The number of ether oxygens (including phenoxy) is 1. The summed E-state index contributed by atoms with van der Waals surface area (Å²) in [6.07, 6.45) is 0.820. The lowest BCUT2D eigenvalue weighted by Crippen LogP contribution is -3.16. The quantitative estimate of drug-likeness (QED) is 0.707. The lowest BCUT2D eigenvalue weighted by atomic mass is 10.1. The molecule has 1 aliphatic rings. The van der Waals surface area contributed by atoms with Crippen LogP contribution in [0.5, 0.6) is 5.75 Å². The van der Waals surface area contributed by atoms with Crippen LogP contribution in [-0.4, -0.2) is 51.8 Å². The van der Waals surface area contributed by atoms with Gasteiger partial charge in [-0.25, -0.2) is 0 Å². The van der Waals surface area contributed by atoms with Crippen LogP contribution in [0.15, 0.2) is 48.5 Å². The van der Waals surface area contributed by atoms with Crippen molar-refractivity contribution in [3.8, 4) is 5.75 Å². The number of para-hydroxylation sites is 2. The van der Waals surface area contributed by atoms with E-state index >= 15 is 0 Å².